The molecule has 4 rings (SSSR count). The standard InChI is InChI=1S/C24H29N5O3/c1-16-19(26-21(30)15-29-13-11-28(3)12-14-29)9-10-20-22(16)23(31)32-24(27-20)25-17(2)18-7-5-4-6-8-18/h4-10,17H,11-15H2,1-3H3,(H,25,27)(H,26,30)/t17-/m0/s1. The summed E-state index contributed by atoms with van der Waals surface area (Å²) in [5, 5.41) is 6.46. The molecule has 8 heteroatoms. The summed E-state index contributed by atoms with van der Waals surface area (Å²) >= 11 is 0. The lowest BCUT2D eigenvalue weighted by Gasteiger charge is -2.31. The maximum Gasteiger partial charge on any atom is 0.348 e. The number of nitrogens with one attached hydrogen (secondary N) is 2. The van der Waals surface area contributed by atoms with E-state index in [-0.39, 0.29) is 18.0 Å². The van der Waals surface area contributed by atoms with Gasteiger partial charge in [-0.15, -0.1) is 0 Å². The zero-order valence-corrected chi connectivity index (χ0v) is 18.7. The summed E-state index contributed by atoms with van der Waals surface area (Å²) in [6.07, 6.45) is 0. The third kappa shape index (κ3) is 4.98. The lowest BCUT2D eigenvalue weighted by atomic mass is 10.1. The quantitative estimate of drug-likeness (QED) is 0.615. The Bertz CT molecular complexity index is 1150. The van der Waals surface area contributed by atoms with Crippen molar-refractivity contribution in [3.8, 4) is 0 Å². The maximum absolute atomic E-state index is 12.8. The second-order valence-corrected chi connectivity index (χ2v) is 8.34. The number of benzene rings is 2. The lowest BCUT2D eigenvalue weighted by molar-refractivity contribution is -0.117. The predicted molar refractivity (Wildman–Crippen MR) is 126 cm³/mol. The molecular weight excluding hydrogens is 406 g/mol. The van der Waals surface area contributed by atoms with Gasteiger partial charge < -0.3 is 20.0 Å². The minimum Gasteiger partial charge on any atom is -0.389 e. The van der Waals surface area contributed by atoms with Crippen molar-refractivity contribution in [3.05, 3.63) is 64.0 Å². The van der Waals surface area contributed by atoms with Gasteiger partial charge in [0.05, 0.1) is 23.5 Å². The van der Waals surface area contributed by atoms with Crippen LogP contribution in [0.1, 0.15) is 24.1 Å². The number of fused-ring (bicyclic) bond motifs is 1. The lowest BCUT2D eigenvalue weighted by Crippen LogP contribution is -2.47. The van der Waals surface area contributed by atoms with E-state index >= 15 is 0 Å². The van der Waals surface area contributed by atoms with Crippen LogP contribution in [-0.2, 0) is 4.79 Å². The molecule has 0 unspecified atom stereocenters. The highest BCUT2D eigenvalue weighted by Crippen LogP contribution is 2.24. The van der Waals surface area contributed by atoms with Crippen LogP contribution in [0.4, 0.5) is 11.7 Å². The fourth-order valence-corrected chi connectivity index (χ4v) is 3.93. The third-order valence-corrected chi connectivity index (χ3v) is 5.94. The van der Waals surface area contributed by atoms with Crippen molar-refractivity contribution < 1.29 is 9.21 Å². The molecule has 2 N–H and O–H groups in total. The van der Waals surface area contributed by atoms with Gasteiger partial charge >= 0.3 is 5.63 Å². The molecule has 0 aliphatic carbocycles. The number of anilines is 2. The van der Waals surface area contributed by atoms with E-state index in [1.807, 2.05) is 37.3 Å². The van der Waals surface area contributed by atoms with Gasteiger partial charge in [-0.25, -0.2) is 4.79 Å². The number of nitrogens with zero attached hydrogens (tertiary/aromatic N) is 3. The summed E-state index contributed by atoms with van der Waals surface area (Å²) in [5.41, 5.74) is 2.36. The van der Waals surface area contributed by atoms with Crippen LogP contribution in [0, 0.1) is 6.92 Å². The normalized spacial score (nSPS) is 16.1. The van der Waals surface area contributed by atoms with Gasteiger partial charge in [0.15, 0.2) is 0 Å². The Labute approximate surface area is 187 Å². The zero-order chi connectivity index (χ0) is 22.7. The van der Waals surface area contributed by atoms with Crippen LogP contribution < -0.4 is 16.3 Å². The van der Waals surface area contributed by atoms with E-state index < -0.39 is 5.63 Å². The summed E-state index contributed by atoms with van der Waals surface area (Å²) in [5.74, 6) is -0.0932. The van der Waals surface area contributed by atoms with Gasteiger partial charge in [-0.05, 0) is 44.2 Å². The largest absolute Gasteiger partial charge is 0.389 e. The molecule has 0 bridgehead atoms. The molecule has 1 amide bonds. The van der Waals surface area contributed by atoms with Gasteiger partial charge in [-0.2, -0.15) is 4.98 Å². The number of hydrogen-bond donors (Lipinski definition) is 2. The van der Waals surface area contributed by atoms with Gasteiger partial charge in [0.25, 0.3) is 6.01 Å². The van der Waals surface area contributed by atoms with Crippen molar-refractivity contribution in [1.82, 2.24) is 14.8 Å². The molecule has 168 valence electrons. The van der Waals surface area contributed by atoms with Crippen LogP contribution >= 0.6 is 0 Å². The fourth-order valence-electron chi connectivity index (χ4n) is 3.93. The van der Waals surface area contributed by atoms with Crippen LogP contribution in [0.25, 0.3) is 10.9 Å². The first-order chi connectivity index (χ1) is 15.4. The van der Waals surface area contributed by atoms with Gasteiger partial charge in [-0.3, -0.25) is 9.69 Å². The summed E-state index contributed by atoms with van der Waals surface area (Å²) in [4.78, 5) is 34.2. The summed E-state index contributed by atoms with van der Waals surface area (Å²) < 4.78 is 5.45. The zero-order valence-electron chi connectivity index (χ0n) is 18.7. The Morgan fingerprint density at radius 3 is 2.56 bits per heavy atom. The molecule has 1 aliphatic rings. The van der Waals surface area contributed by atoms with Crippen molar-refractivity contribution in [2.24, 2.45) is 0 Å². The third-order valence-electron chi connectivity index (χ3n) is 5.94. The fraction of sp³-hybridized carbons (Fsp3) is 0.375. The Morgan fingerprint density at radius 1 is 1.12 bits per heavy atom. The Balaban J connectivity index is 1.50. The number of likely N-dealkylation sites (N-methyl/N-ethyl adjacent to an activating group) is 1. The summed E-state index contributed by atoms with van der Waals surface area (Å²) in [6, 6.07) is 13.5. The molecule has 0 radical (unpaired) electrons. The first kappa shape index (κ1) is 22.0. The van der Waals surface area contributed by atoms with E-state index in [0.29, 0.717) is 28.7 Å². The van der Waals surface area contributed by atoms with E-state index in [4.69, 9.17) is 4.42 Å². The highest BCUT2D eigenvalue weighted by Gasteiger charge is 2.18. The highest BCUT2D eigenvalue weighted by atomic mass is 16.4. The van der Waals surface area contributed by atoms with Crippen LogP contribution in [0.3, 0.4) is 0 Å². The molecule has 2 heterocycles. The maximum atomic E-state index is 12.8. The first-order valence-corrected chi connectivity index (χ1v) is 10.9. The molecule has 8 nitrogen and oxygen atoms in total. The minimum atomic E-state index is -0.481. The van der Waals surface area contributed by atoms with Crippen molar-refractivity contribution >= 4 is 28.5 Å². The number of amides is 1. The molecule has 32 heavy (non-hydrogen) atoms. The number of hydrogen-bond acceptors (Lipinski definition) is 7. The van der Waals surface area contributed by atoms with Gasteiger partial charge in [-0.1, -0.05) is 30.3 Å². The number of aromatic nitrogens is 1. The SMILES string of the molecule is Cc1c(NC(=O)CN2CCN(C)CC2)ccc2nc(N[C@@H](C)c3ccccc3)oc(=O)c12. The first-order valence-electron chi connectivity index (χ1n) is 10.9. The molecule has 3 aromatic rings. The van der Waals surface area contributed by atoms with Gasteiger partial charge in [0, 0.05) is 31.9 Å². The number of piperazine rings is 1. The van der Waals surface area contributed by atoms with Gasteiger partial charge in [0.2, 0.25) is 5.91 Å². The number of rotatable bonds is 6. The van der Waals surface area contributed by atoms with Crippen LogP contribution in [-0.4, -0.2) is 60.5 Å². The molecular formula is C24H29N5O3. The smallest absolute Gasteiger partial charge is 0.348 e. The topological polar surface area (TPSA) is 90.7 Å². The van der Waals surface area contributed by atoms with E-state index in [1.165, 1.54) is 0 Å². The van der Waals surface area contributed by atoms with Crippen LogP contribution in [0.5, 0.6) is 0 Å². The van der Waals surface area contributed by atoms with E-state index in [0.717, 1.165) is 31.7 Å². The molecule has 1 saturated heterocycles. The number of carbonyl (C=O) groups is 1. The highest BCUT2D eigenvalue weighted by molar-refractivity contribution is 5.96. The van der Waals surface area contributed by atoms with Crippen molar-refractivity contribution in [2.45, 2.75) is 19.9 Å². The average molecular weight is 436 g/mol. The van der Waals surface area contributed by atoms with E-state index in [1.54, 1.807) is 19.1 Å². The van der Waals surface area contributed by atoms with Crippen molar-refractivity contribution in [3.63, 3.8) is 0 Å². The van der Waals surface area contributed by atoms with Crippen molar-refractivity contribution in [1.29, 1.82) is 0 Å². The molecule has 2 aromatic carbocycles. The number of aryl methyl sites for hydroxylation is 1. The monoisotopic (exact) mass is 435 g/mol. The number of carbonyl (C=O) groups excluding carboxylic acids is 1. The molecule has 0 spiro atoms. The second-order valence-electron chi connectivity index (χ2n) is 8.34. The van der Waals surface area contributed by atoms with Crippen LogP contribution in [0.2, 0.25) is 0 Å². The molecule has 1 fully saturated rings. The molecule has 1 aromatic heterocycles. The molecule has 0 saturated carbocycles. The van der Waals surface area contributed by atoms with E-state index in [9.17, 15) is 9.59 Å². The summed E-state index contributed by atoms with van der Waals surface area (Å²) in [7, 11) is 2.08. The second kappa shape index (κ2) is 9.50. The van der Waals surface area contributed by atoms with Crippen LogP contribution in [0.15, 0.2) is 51.7 Å². The molecule has 1 atom stereocenters. The van der Waals surface area contributed by atoms with Gasteiger partial charge in [0.1, 0.15) is 0 Å². The Kier molecular flexibility index (Phi) is 6.53. The van der Waals surface area contributed by atoms with Crippen molar-refractivity contribution in [2.75, 3.05) is 50.4 Å². The Morgan fingerprint density at radius 2 is 1.84 bits per heavy atom. The Hall–Kier alpha value is -3.23. The molecule has 1 aliphatic heterocycles. The van der Waals surface area contributed by atoms with E-state index in [2.05, 4.69) is 32.5 Å². The summed E-state index contributed by atoms with van der Waals surface area (Å²) in [6.45, 7) is 7.75. The minimum absolute atomic E-state index is 0.0708. The average Bonchev–Trinajstić information content (AvgIpc) is 2.77. The predicted octanol–water partition coefficient (Wildman–Crippen LogP) is 2.86.